The van der Waals surface area contributed by atoms with E-state index >= 15 is 0 Å². The minimum Gasteiger partial charge on any atom is -0.493 e. The van der Waals surface area contributed by atoms with Crippen molar-refractivity contribution in [2.24, 2.45) is 0 Å². The quantitative estimate of drug-likeness (QED) is 0.712. The molecule has 0 saturated carbocycles. The van der Waals surface area contributed by atoms with Crippen molar-refractivity contribution in [1.29, 1.82) is 0 Å². The lowest BCUT2D eigenvalue weighted by Gasteiger charge is -2.20. The Morgan fingerprint density at radius 2 is 1.79 bits per heavy atom. The molecule has 0 spiro atoms. The number of carbonyl (C=O) groups is 1. The predicted molar refractivity (Wildman–Crippen MR) is 94.8 cm³/mol. The van der Waals surface area contributed by atoms with E-state index in [-0.39, 0.29) is 12.1 Å². The Morgan fingerprint density at radius 1 is 1.12 bits per heavy atom. The number of carbonyl (C=O) groups excluding carboxylic acids is 1. The van der Waals surface area contributed by atoms with Crippen molar-refractivity contribution in [1.82, 2.24) is 10.6 Å². The molecular formula is C18H30N2O4. The molecule has 0 aromatic heterocycles. The lowest BCUT2D eigenvalue weighted by Crippen LogP contribution is -2.34. The van der Waals surface area contributed by atoms with E-state index < -0.39 is 5.60 Å². The first-order valence-electron chi connectivity index (χ1n) is 8.19. The molecule has 1 atom stereocenters. The molecule has 0 aliphatic carbocycles. The summed E-state index contributed by atoms with van der Waals surface area (Å²) in [4.78, 5) is 11.5. The van der Waals surface area contributed by atoms with Gasteiger partial charge in [-0.3, -0.25) is 0 Å². The maximum absolute atomic E-state index is 11.5. The molecule has 0 aliphatic heterocycles. The van der Waals surface area contributed by atoms with Crippen LogP contribution in [0, 0.1) is 0 Å². The minimum absolute atomic E-state index is 0.173. The smallest absolute Gasteiger partial charge is 0.407 e. The van der Waals surface area contributed by atoms with E-state index in [4.69, 9.17) is 14.2 Å². The van der Waals surface area contributed by atoms with Crippen LogP contribution in [0.15, 0.2) is 18.2 Å². The van der Waals surface area contributed by atoms with E-state index in [1.54, 1.807) is 14.2 Å². The summed E-state index contributed by atoms with van der Waals surface area (Å²) < 4.78 is 15.8. The summed E-state index contributed by atoms with van der Waals surface area (Å²) in [6.07, 6.45) is 0.437. The van der Waals surface area contributed by atoms with Gasteiger partial charge in [0.15, 0.2) is 11.5 Å². The van der Waals surface area contributed by atoms with Crippen LogP contribution < -0.4 is 20.1 Å². The SMILES string of the molecule is COc1ccc(C(C)NCCCNC(=O)OC(C)(C)C)cc1OC. The van der Waals surface area contributed by atoms with Crippen LogP contribution in [0.1, 0.15) is 45.7 Å². The van der Waals surface area contributed by atoms with Gasteiger partial charge in [0.1, 0.15) is 5.60 Å². The average molecular weight is 338 g/mol. The molecule has 0 heterocycles. The van der Waals surface area contributed by atoms with Gasteiger partial charge in [-0.05, 0) is 58.4 Å². The van der Waals surface area contributed by atoms with Crippen molar-refractivity contribution in [3.8, 4) is 11.5 Å². The van der Waals surface area contributed by atoms with E-state index in [0.717, 1.165) is 30.0 Å². The Balaban J connectivity index is 2.34. The highest BCUT2D eigenvalue weighted by Gasteiger charge is 2.15. The Kier molecular flexibility index (Phi) is 7.85. The molecule has 0 aliphatic rings. The lowest BCUT2D eigenvalue weighted by atomic mass is 10.1. The molecular weight excluding hydrogens is 308 g/mol. The minimum atomic E-state index is -0.468. The summed E-state index contributed by atoms with van der Waals surface area (Å²) in [7, 11) is 3.25. The third-order valence-electron chi connectivity index (χ3n) is 3.38. The topological polar surface area (TPSA) is 68.8 Å². The standard InChI is InChI=1S/C18H30N2O4/c1-13(14-8-9-15(22-5)16(12-14)23-6)19-10-7-11-20-17(21)24-18(2,3)4/h8-9,12-13,19H,7,10-11H2,1-6H3,(H,20,21). The fourth-order valence-electron chi connectivity index (χ4n) is 2.15. The van der Waals surface area contributed by atoms with Crippen LogP contribution in [0.3, 0.4) is 0 Å². The van der Waals surface area contributed by atoms with E-state index in [1.165, 1.54) is 0 Å². The van der Waals surface area contributed by atoms with Gasteiger partial charge >= 0.3 is 6.09 Å². The number of benzene rings is 1. The van der Waals surface area contributed by atoms with Gasteiger partial charge in [-0.15, -0.1) is 0 Å². The Hall–Kier alpha value is -1.95. The molecule has 0 fully saturated rings. The second-order valence-corrected chi connectivity index (χ2v) is 6.57. The van der Waals surface area contributed by atoms with Crippen molar-refractivity contribution in [3.63, 3.8) is 0 Å². The molecule has 1 rings (SSSR count). The Morgan fingerprint density at radius 3 is 2.38 bits per heavy atom. The van der Waals surface area contributed by atoms with Crippen molar-refractivity contribution in [2.45, 2.75) is 45.8 Å². The first-order valence-corrected chi connectivity index (χ1v) is 8.19. The number of hydrogen-bond acceptors (Lipinski definition) is 5. The molecule has 1 unspecified atom stereocenters. The van der Waals surface area contributed by atoms with E-state index in [1.807, 2.05) is 39.0 Å². The molecule has 1 aromatic rings. The fraction of sp³-hybridized carbons (Fsp3) is 0.611. The summed E-state index contributed by atoms with van der Waals surface area (Å²) in [6, 6.07) is 6.05. The Labute approximate surface area is 144 Å². The first kappa shape index (κ1) is 20.1. The highest BCUT2D eigenvalue weighted by atomic mass is 16.6. The predicted octanol–water partition coefficient (Wildman–Crippen LogP) is 3.27. The van der Waals surface area contributed by atoms with Crippen LogP contribution in [-0.4, -0.2) is 39.0 Å². The van der Waals surface area contributed by atoms with Crippen LogP contribution in [0.2, 0.25) is 0 Å². The molecule has 136 valence electrons. The number of ether oxygens (including phenoxy) is 3. The van der Waals surface area contributed by atoms with Crippen molar-refractivity contribution >= 4 is 6.09 Å². The average Bonchev–Trinajstić information content (AvgIpc) is 2.51. The summed E-state index contributed by atoms with van der Waals surface area (Å²) in [5.41, 5.74) is 0.650. The van der Waals surface area contributed by atoms with Gasteiger partial charge in [0.05, 0.1) is 14.2 Å². The maximum Gasteiger partial charge on any atom is 0.407 e. The second-order valence-electron chi connectivity index (χ2n) is 6.57. The van der Waals surface area contributed by atoms with Gasteiger partial charge in [-0.25, -0.2) is 4.79 Å². The highest BCUT2D eigenvalue weighted by Crippen LogP contribution is 2.29. The van der Waals surface area contributed by atoms with Gasteiger partial charge in [0.2, 0.25) is 0 Å². The summed E-state index contributed by atoms with van der Waals surface area (Å²) >= 11 is 0. The highest BCUT2D eigenvalue weighted by molar-refractivity contribution is 5.67. The second kappa shape index (κ2) is 9.37. The summed E-state index contributed by atoms with van der Waals surface area (Å²) in [6.45, 7) is 8.98. The monoisotopic (exact) mass is 338 g/mol. The molecule has 1 amide bonds. The van der Waals surface area contributed by atoms with Crippen molar-refractivity contribution < 1.29 is 19.0 Å². The molecule has 0 radical (unpaired) electrons. The molecule has 6 nitrogen and oxygen atoms in total. The molecule has 6 heteroatoms. The summed E-state index contributed by atoms with van der Waals surface area (Å²) in [5.74, 6) is 1.44. The fourth-order valence-corrected chi connectivity index (χ4v) is 2.15. The number of amides is 1. The van der Waals surface area contributed by atoms with Gasteiger partial charge in [0.25, 0.3) is 0 Å². The van der Waals surface area contributed by atoms with E-state index in [0.29, 0.717) is 6.54 Å². The molecule has 2 N–H and O–H groups in total. The number of alkyl carbamates (subject to hydrolysis) is 1. The van der Waals surface area contributed by atoms with Crippen molar-refractivity contribution in [3.05, 3.63) is 23.8 Å². The van der Waals surface area contributed by atoms with E-state index in [2.05, 4.69) is 17.6 Å². The molecule has 0 saturated heterocycles. The normalized spacial score (nSPS) is 12.4. The third kappa shape index (κ3) is 7.08. The zero-order valence-corrected chi connectivity index (χ0v) is 15.6. The van der Waals surface area contributed by atoms with Gasteiger partial charge < -0.3 is 24.8 Å². The summed E-state index contributed by atoms with van der Waals surface area (Å²) in [5, 5.41) is 6.17. The third-order valence-corrected chi connectivity index (χ3v) is 3.38. The van der Waals surface area contributed by atoms with Crippen LogP contribution in [-0.2, 0) is 4.74 Å². The zero-order valence-electron chi connectivity index (χ0n) is 15.6. The zero-order chi connectivity index (χ0) is 18.2. The maximum atomic E-state index is 11.5. The number of rotatable bonds is 8. The van der Waals surface area contributed by atoms with Crippen LogP contribution in [0.25, 0.3) is 0 Å². The first-order chi connectivity index (χ1) is 11.3. The van der Waals surface area contributed by atoms with Crippen LogP contribution in [0.4, 0.5) is 4.79 Å². The molecule has 1 aromatic carbocycles. The number of methoxy groups -OCH3 is 2. The van der Waals surface area contributed by atoms with Crippen LogP contribution in [0.5, 0.6) is 11.5 Å². The number of nitrogens with one attached hydrogen (secondary N) is 2. The van der Waals surface area contributed by atoms with Gasteiger partial charge in [-0.1, -0.05) is 6.07 Å². The lowest BCUT2D eigenvalue weighted by molar-refractivity contribution is 0.0527. The largest absolute Gasteiger partial charge is 0.493 e. The Bertz CT molecular complexity index is 526. The molecule has 24 heavy (non-hydrogen) atoms. The molecule has 0 bridgehead atoms. The van der Waals surface area contributed by atoms with Gasteiger partial charge in [0, 0.05) is 12.6 Å². The van der Waals surface area contributed by atoms with E-state index in [9.17, 15) is 4.79 Å². The number of hydrogen-bond donors (Lipinski definition) is 2. The van der Waals surface area contributed by atoms with Crippen LogP contribution >= 0.6 is 0 Å². The van der Waals surface area contributed by atoms with Gasteiger partial charge in [-0.2, -0.15) is 0 Å². The van der Waals surface area contributed by atoms with Crippen molar-refractivity contribution in [2.75, 3.05) is 27.3 Å².